The van der Waals surface area contributed by atoms with Gasteiger partial charge in [-0.2, -0.15) is 0 Å². The summed E-state index contributed by atoms with van der Waals surface area (Å²) >= 11 is 0. The average molecular weight is 357 g/mol. The summed E-state index contributed by atoms with van der Waals surface area (Å²) in [6, 6.07) is 6.53. The van der Waals surface area contributed by atoms with Crippen LogP contribution in [0.1, 0.15) is 48.8 Å². The number of piperidine rings is 1. The highest BCUT2D eigenvalue weighted by Gasteiger charge is 2.31. The Morgan fingerprint density at radius 2 is 2.00 bits per heavy atom. The van der Waals surface area contributed by atoms with E-state index in [-0.39, 0.29) is 11.7 Å². The third-order valence-electron chi connectivity index (χ3n) is 5.57. The van der Waals surface area contributed by atoms with Crippen LogP contribution in [0.4, 0.5) is 4.39 Å². The van der Waals surface area contributed by atoms with E-state index < -0.39 is 5.92 Å². The zero-order valence-corrected chi connectivity index (χ0v) is 15.0. The summed E-state index contributed by atoms with van der Waals surface area (Å²) in [5.74, 6) is 1.61. The molecule has 26 heavy (non-hydrogen) atoms. The fourth-order valence-electron chi connectivity index (χ4n) is 4.01. The summed E-state index contributed by atoms with van der Waals surface area (Å²) in [5, 5.41) is 12.0. The maximum Gasteiger partial charge on any atom is 0.229 e. The number of hydrogen-bond acceptors (Lipinski definition) is 4. The number of amides is 1. The molecule has 1 aromatic heterocycles. The lowest BCUT2D eigenvalue weighted by Crippen LogP contribution is -2.41. The number of rotatable bonds is 3. The van der Waals surface area contributed by atoms with E-state index in [0.29, 0.717) is 24.6 Å². The van der Waals surface area contributed by atoms with Gasteiger partial charge < -0.3 is 14.8 Å². The molecule has 1 atom stereocenters. The van der Waals surface area contributed by atoms with Gasteiger partial charge in [0.05, 0.1) is 12.5 Å². The van der Waals surface area contributed by atoms with Crippen LogP contribution in [0, 0.1) is 5.82 Å². The quantitative estimate of drug-likeness (QED) is 0.913. The molecule has 2 aliphatic rings. The Labute approximate surface area is 152 Å². The molecule has 1 saturated heterocycles. The first kappa shape index (κ1) is 17.1. The number of carbonyl (C=O) groups is 1. The molecule has 2 aromatic rings. The van der Waals surface area contributed by atoms with Gasteiger partial charge in [-0.05, 0) is 31.4 Å². The van der Waals surface area contributed by atoms with Crippen molar-refractivity contribution in [1.82, 2.24) is 25.0 Å². The molecule has 1 unspecified atom stereocenters. The van der Waals surface area contributed by atoms with Crippen molar-refractivity contribution >= 4 is 5.91 Å². The summed E-state index contributed by atoms with van der Waals surface area (Å²) in [4.78, 5) is 14.7. The third-order valence-corrected chi connectivity index (χ3v) is 5.57. The second-order valence-electron chi connectivity index (χ2n) is 7.15. The number of carbonyl (C=O) groups excluding carboxylic acids is 1. The Balaban J connectivity index is 1.41. The van der Waals surface area contributed by atoms with Crippen molar-refractivity contribution in [2.75, 3.05) is 19.6 Å². The van der Waals surface area contributed by atoms with E-state index in [1.54, 1.807) is 25.1 Å². The zero-order valence-electron chi connectivity index (χ0n) is 15.0. The highest BCUT2D eigenvalue weighted by Crippen LogP contribution is 2.30. The summed E-state index contributed by atoms with van der Waals surface area (Å²) in [7, 11) is 0. The van der Waals surface area contributed by atoms with Gasteiger partial charge in [0.25, 0.3) is 0 Å². The predicted molar refractivity (Wildman–Crippen MR) is 95.1 cm³/mol. The molecule has 2 aliphatic heterocycles. The summed E-state index contributed by atoms with van der Waals surface area (Å²) in [6.07, 6.45) is 1.75. The van der Waals surface area contributed by atoms with Crippen LogP contribution in [0.15, 0.2) is 24.3 Å². The van der Waals surface area contributed by atoms with E-state index in [9.17, 15) is 9.18 Å². The number of aromatic nitrogens is 3. The van der Waals surface area contributed by atoms with Gasteiger partial charge in [0.1, 0.15) is 17.5 Å². The number of fused-ring (bicyclic) bond motifs is 1. The number of nitrogens with zero attached hydrogens (tertiary/aromatic N) is 4. The topological polar surface area (TPSA) is 63.1 Å². The van der Waals surface area contributed by atoms with Crippen molar-refractivity contribution in [3.8, 4) is 0 Å². The van der Waals surface area contributed by atoms with Crippen molar-refractivity contribution in [3.05, 3.63) is 47.3 Å². The largest absolute Gasteiger partial charge is 0.342 e. The highest BCUT2D eigenvalue weighted by atomic mass is 19.1. The van der Waals surface area contributed by atoms with Crippen LogP contribution in [0.3, 0.4) is 0 Å². The molecule has 0 aliphatic carbocycles. The van der Waals surface area contributed by atoms with Crippen LogP contribution in [0.5, 0.6) is 0 Å². The Hall–Kier alpha value is -2.28. The van der Waals surface area contributed by atoms with Gasteiger partial charge in [-0.3, -0.25) is 4.79 Å². The average Bonchev–Trinajstić information content (AvgIpc) is 3.11. The standard InChI is InChI=1S/C19H24FN5O/c1-13(15-4-2-3-5-16(15)20)19(26)24-9-6-14(7-10-24)18-23-22-17-12-21-8-11-25(17)18/h2-5,13-14,21H,6-12H2,1H3. The Kier molecular flexibility index (Phi) is 4.72. The van der Waals surface area contributed by atoms with Crippen LogP contribution in [-0.2, 0) is 17.9 Å². The van der Waals surface area contributed by atoms with E-state index in [4.69, 9.17) is 0 Å². The van der Waals surface area contributed by atoms with Crippen molar-refractivity contribution in [2.24, 2.45) is 0 Å². The van der Waals surface area contributed by atoms with Crippen LogP contribution in [0.25, 0.3) is 0 Å². The molecular weight excluding hydrogens is 333 g/mol. The maximum absolute atomic E-state index is 14.0. The lowest BCUT2D eigenvalue weighted by atomic mass is 9.93. The first-order chi connectivity index (χ1) is 12.6. The van der Waals surface area contributed by atoms with Crippen molar-refractivity contribution < 1.29 is 9.18 Å². The molecule has 4 rings (SSSR count). The predicted octanol–water partition coefficient (Wildman–Crippen LogP) is 2.03. The highest BCUT2D eigenvalue weighted by molar-refractivity contribution is 5.83. The van der Waals surface area contributed by atoms with Crippen molar-refractivity contribution in [1.29, 1.82) is 0 Å². The van der Waals surface area contributed by atoms with Gasteiger partial charge in [0.2, 0.25) is 5.91 Å². The third kappa shape index (κ3) is 3.11. The van der Waals surface area contributed by atoms with Gasteiger partial charge in [0, 0.05) is 32.1 Å². The molecule has 0 saturated carbocycles. The molecule has 0 bridgehead atoms. The number of likely N-dealkylation sites (tertiary alicyclic amines) is 1. The second kappa shape index (κ2) is 7.15. The van der Waals surface area contributed by atoms with Gasteiger partial charge in [-0.1, -0.05) is 18.2 Å². The smallest absolute Gasteiger partial charge is 0.229 e. The van der Waals surface area contributed by atoms with Crippen molar-refractivity contribution in [3.63, 3.8) is 0 Å². The normalized spacial score (nSPS) is 19.2. The van der Waals surface area contributed by atoms with E-state index in [1.807, 2.05) is 4.90 Å². The summed E-state index contributed by atoms with van der Waals surface area (Å²) < 4.78 is 16.2. The molecule has 6 nitrogen and oxygen atoms in total. The number of halogens is 1. The minimum atomic E-state index is -0.459. The minimum Gasteiger partial charge on any atom is -0.342 e. The van der Waals surface area contributed by atoms with Crippen LogP contribution in [0.2, 0.25) is 0 Å². The van der Waals surface area contributed by atoms with Gasteiger partial charge in [-0.25, -0.2) is 4.39 Å². The number of nitrogens with one attached hydrogen (secondary N) is 1. The van der Waals surface area contributed by atoms with Gasteiger partial charge in [0.15, 0.2) is 0 Å². The molecule has 1 aromatic carbocycles. The summed E-state index contributed by atoms with van der Waals surface area (Å²) in [5.41, 5.74) is 0.471. The van der Waals surface area contributed by atoms with Gasteiger partial charge >= 0.3 is 0 Å². The first-order valence-corrected chi connectivity index (χ1v) is 9.31. The molecule has 1 amide bonds. The van der Waals surface area contributed by atoms with E-state index >= 15 is 0 Å². The molecular formula is C19H24FN5O. The molecule has 1 fully saturated rings. The molecule has 3 heterocycles. The molecule has 7 heteroatoms. The number of hydrogen-bond donors (Lipinski definition) is 1. The summed E-state index contributed by atoms with van der Waals surface area (Å²) in [6.45, 7) is 5.77. The first-order valence-electron chi connectivity index (χ1n) is 9.31. The monoisotopic (exact) mass is 357 g/mol. The maximum atomic E-state index is 14.0. The van der Waals surface area contributed by atoms with E-state index in [1.165, 1.54) is 6.07 Å². The molecule has 138 valence electrons. The van der Waals surface area contributed by atoms with Crippen LogP contribution >= 0.6 is 0 Å². The fourth-order valence-corrected chi connectivity index (χ4v) is 4.01. The molecule has 1 N–H and O–H groups in total. The van der Waals surface area contributed by atoms with E-state index in [0.717, 1.165) is 44.1 Å². The fraction of sp³-hybridized carbons (Fsp3) is 0.526. The van der Waals surface area contributed by atoms with Gasteiger partial charge in [-0.15, -0.1) is 10.2 Å². The molecule has 0 radical (unpaired) electrons. The van der Waals surface area contributed by atoms with Crippen molar-refractivity contribution in [2.45, 2.75) is 44.7 Å². The van der Waals surface area contributed by atoms with Crippen LogP contribution < -0.4 is 5.32 Å². The SMILES string of the molecule is CC(C(=O)N1CCC(c2nnc3n2CCNC3)CC1)c1ccccc1F. The van der Waals surface area contributed by atoms with Crippen LogP contribution in [-0.4, -0.2) is 45.2 Å². The zero-order chi connectivity index (χ0) is 18.1. The lowest BCUT2D eigenvalue weighted by Gasteiger charge is -2.33. The number of benzene rings is 1. The molecule has 0 spiro atoms. The Morgan fingerprint density at radius 3 is 2.77 bits per heavy atom. The second-order valence-corrected chi connectivity index (χ2v) is 7.15. The van der Waals surface area contributed by atoms with E-state index in [2.05, 4.69) is 20.1 Å². The minimum absolute atomic E-state index is 0.000947. The lowest BCUT2D eigenvalue weighted by molar-refractivity contribution is -0.133. The Morgan fingerprint density at radius 1 is 1.23 bits per heavy atom. The Bertz CT molecular complexity index is 797.